The highest BCUT2D eigenvalue weighted by Crippen LogP contribution is 2.61. The fraction of sp³-hybridized carbons (Fsp3) is 0.786. The molecule has 2 bridgehead atoms. The van der Waals surface area contributed by atoms with Crippen LogP contribution < -0.4 is 0 Å². The van der Waals surface area contributed by atoms with Crippen LogP contribution >= 0.6 is 0 Å². The van der Waals surface area contributed by atoms with E-state index in [1.165, 1.54) is 19.3 Å². The maximum absolute atomic E-state index is 11.3. The maximum atomic E-state index is 11.3. The predicted octanol–water partition coefficient (Wildman–Crippen LogP) is 3.18. The molecule has 2 unspecified atom stereocenters. The maximum Gasteiger partial charge on any atom is 0.333 e. The Balaban J connectivity index is 1.87. The van der Waals surface area contributed by atoms with Crippen LogP contribution in [0.25, 0.3) is 0 Å². The van der Waals surface area contributed by atoms with Crippen molar-refractivity contribution in [1.29, 1.82) is 0 Å². The monoisotopic (exact) mass is 222 g/mol. The predicted molar refractivity (Wildman–Crippen MR) is 63.9 cm³/mol. The molecule has 0 spiro atoms. The van der Waals surface area contributed by atoms with Crippen molar-refractivity contribution in [2.24, 2.45) is 23.2 Å². The van der Waals surface area contributed by atoms with Gasteiger partial charge in [-0.05, 0) is 49.4 Å². The zero-order valence-corrected chi connectivity index (χ0v) is 10.6. The molecule has 3 rings (SSSR count). The Kier molecular flexibility index (Phi) is 2.85. The van der Waals surface area contributed by atoms with E-state index in [0.717, 1.165) is 11.8 Å². The van der Waals surface area contributed by atoms with Gasteiger partial charge in [0.15, 0.2) is 0 Å². The quantitative estimate of drug-likeness (QED) is 0.541. The van der Waals surface area contributed by atoms with Gasteiger partial charge in [0, 0.05) is 5.57 Å². The molecule has 3 fully saturated rings. The molecule has 3 aliphatic carbocycles. The van der Waals surface area contributed by atoms with E-state index in [1.54, 1.807) is 6.92 Å². The molecule has 0 N–H and O–H groups in total. The van der Waals surface area contributed by atoms with Gasteiger partial charge < -0.3 is 4.74 Å². The van der Waals surface area contributed by atoms with Gasteiger partial charge >= 0.3 is 5.97 Å². The van der Waals surface area contributed by atoms with Crippen molar-refractivity contribution in [2.45, 2.75) is 40.0 Å². The van der Waals surface area contributed by atoms with E-state index in [-0.39, 0.29) is 5.97 Å². The topological polar surface area (TPSA) is 26.3 Å². The number of carbonyl (C=O) groups is 1. The van der Waals surface area contributed by atoms with E-state index >= 15 is 0 Å². The second-order valence-corrected chi connectivity index (χ2v) is 6.08. The molecule has 3 saturated carbocycles. The molecule has 3 aliphatic rings. The van der Waals surface area contributed by atoms with E-state index in [9.17, 15) is 4.79 Å². The fourth-order valence-corrected chi connectivity index (χ4v) is 3.47. The average molecular weight is 222 g/mol. The van der Waals surface area contributed by atoms with E-state index < -0.39 is 0 Å². The van der Waals surface area contributed by atoms with Crippen molar-refractivity contribution in [3.8, 4) is 0 Å². The first-order valence-corrected chi connectivity index (χ1v) is 6.25. The lowest BCUT2D eigenvalue weighted by molar-refractivity contribution is -0.152. The summed E-state index contributed by atoms with van der Waals surface area (Å²) >= 11 is 0. The lowest BCUT2D eigenvalue weighted by Gasteiger charge is -2.60. The lowest BCUT2D eigenvalue weighted by atomic mass is 9.46. The van der Waals surface area contributed by atoms with Crippen LogP contribution in [0.3, 0.4) is 0 Å². The highest BCUT2D eigenvalue weighted by atomic mass is 16.5. The lowest BCUT2D eigenvalue weighted by Crippen LogP contribution is -2.53. The second kappa shape index (κ2) is 3.90. The van der Waals surface area contributed by atoms with Crippen molar-refractivity contribution in [3.05, 3.63) is 12.2 Å². The molecule has 0 aromatic carbocycles. The summed E-state index contributed by atoms with van der Waals surface area (Å²) in [5.41, 5.74) is 0.972. The zero-order chi connectivity index (χ0) is 11.9. The van der Waals surface area contributed by atoms with Gasteiger partial charge in [-0.25, -0.2) is 4.79 Å². The molecule has 0 aliphatic heterocycles. The molecule has 16 heavy (non-hydrogen) atoms. The Labute approximate surface area is 98.1 Å². The number of hydrogen-bond acceptors (Lipinski definition) is 2. The third-order valence-corrected chi connectivity index (χ3v) is 4.78. The van der Waals surface area contributed by atoms with Crippen molar-refractivity contribution >= 4 is 5.97 Å². The Hall–Kier alpha value is -0.790. The summed E-state index contributed by atoms with van der Waals surface area (Å²) in [6.07, 6.45) is 3.86. The van der Waals surface area contributed by atoms with Gasteiger partial charge in [0.05, 0.1) is 6.61 Å². The van der Waals surface area contributed by atoms with Crippen molar-refractivity contribution in [1.82, 2.24) is 0 Å². The first kappa shape index (κ1) is 11.7. The molecular formula is C14H22O2. The third kappa shape index (κ3) is 1.79. The first-order chi connectivity index (χ1) is 7.43. The number of fused-ring (bicyclic) bond motifs is 2. The van der Waals surface area contributed by atoms with E-state index in [0.29, 0.717) is 23.5 Å². The van der Waals surface area contributed by atoms with Gasteiger partial charge in [-0.3, -0.25) is 0 Å². The minimum Gasteiger partial charge on any atom is -0.462 e. The number of esters is 1. The van der Waals surface area contributed by atoms with Crippen molar-refractivity contribution in [3.63, 3.8) is 0 Å². The minimum atomic E-state index is -0.237. The molecule has 2 heteroatoms. The van der Waals surface area contributed by atoms with Crippen LogP contribution in [0.2, 0.25) is 0 Å². The van der Waals surface area contributed by atoms with Gasteiger partial charge in [-0.2, -0.15) is 0 Å². The van der Waals surface area contributed by atoms with Crippen LogP contribution in [0.5, 0.6) is 0 Å². The summed E-state index contributed by atoms with van der Waals surface area (Å²) in [6.45, 7) is 10.6. The third-order valence-electron chi connectivity index (χ3n) is 4.78. The molecule has 3 atom stereocenters. The molecule has 0 saturated heterocycles. The SMILES string of the molecule is C=C(C)C(=O)OC[C@@H]1CCC2CC1C2(C)C. The van der Waals surface area contributed by atoms with Crippen LogP contribution in [0.1, 0.15) is 40.0 Å². The Morgan fingerprint density at radius 1 is 1.44 bits per heavy atom. The van der Waals surface area contributed by atoms with E-state index in [4.69, 9.17) is 4.74 Å². The Morgan fingerprint density at radius 3 is 2.62 bits per heavy atom. The number of hydrogen-bond donors (Lipinski definition) is 0. The van der Waals surface area contributed by atoms with Gasteiger partial charge in [-0.15, -0.1) is 0 Å². The molecule has 2 nitrogen and oxygen atoms in total. The largest absolute Gasteiger partial charge is 0.462 e. The highest BCUT2D eigenvalue weighted by molar-refractivity contribution is 5.86. The van der Waals surface area contributed by atoms with Gasteiger partial charge in [0.2, 0.25) is 0 Å². The summed E-state index contributed by atoms with van der Waals surface area (Å²) in [7, 11) is 0. The molecule has 0 aromatic heterocycles. The first-order valence-electron chi connectivity index (χ1n) is 6.25. The Bertz CT molecular complexity index is 315. The van der Waals surface area contributed by atoms with E-state index in [2.05, 4.69) is 20.4 Å². The Morgan fingerprint density at radius 2 is 2.12 bits per heavy atom. The smallest absolute Gasteiger partial charge is 0.333 e. The molecule has 0 aromatic rings. The van der Waals surface area contributed by atoms with Crippen LogP contribution in [0.15, 0.2) is 12.2 Å². The zero-order valence-electron chi connectivity index (χ0n) is 10.6. The summed E-state index contributed by atoms with van der Waals surface area (Å²) < 4.78 is 5.29. The van der Waals surface area contributed by atoms with Gasteiger partial charge in [-0.1, -0.05) is 20.4 Å². The van der Waals surface area contributed by atoms with E-state index in [1.807, 2.05) is 0 Å². The van der Waals surface area contributed by atoms with Gasteiger partial charge in [0.1, 0.15) is 0 Å². The number of carbonyl (C=O) groups excluding carboxylic acids is 1. The van der Waals surface area contributed by atoms with Crippen LogP contribution in [0, 0.1) is 23.2 Å². The summed E-state index contributed by atoms with van der Waals surface area (Å²) in [5.74, 6) is 2.00. The summed E-state index contributed by atoms with van der Waals surface area (Å²) in [5, 5.41) is 0. The van der Waals surface area contributed by atoms with Gasteiger partial charge in [0.25, 0.3) is 0 Å². The summed E-state index contributed by atoms with van der Waals surface area (Å²) in [4.78, 5) is 11.3. The van der Waals surface area contributed by atoms with Crippen LogP contribution in [-0.4, -0.2) is 12.6 Å². The second-order valence-electron chi connectivity index (χ2n) is 6.08. The number of rotatable bonds is 3. The molecular weight excluding hydrogens is 200 g/mol. The summed E-state index contributed by atoms with van der Waals surface area (Å²) in [6, 6.07) is 0. The molecule has 90 valence electrons. The van der Waals surface area contributed by atoms with Crippen LogP contribution in [-0.2, 0) is 9.53 Å². The molecule has 0 amide bonds. The molecule has 0 heterocycles. The minimum absolute atomic E-state index is 0.237. The average Bonchev–Trinajstić information content (AvgIpc) is 2.25. The fourth-order valence-electron chi connectivity index (χ4n) is 3.47. The molecule has 0 radical (unpaired) electrons. The van der Waals surface area contributed by atoms with Crippen LogP contribution in [0.4, 0.5) is 0 Å². The number of ether oxygens (including phenoxy) is 1. The highest BCUT2D eigenvalue weighted by Gasteiger charge is 2.54. The van der Waals surface area contributed by atoms with Crippen molar-refractivity contribution < 1.29 is 9.53 Å². The normalized spacial score (nSPS) is 35.1. The standard InChI is InChI=1S/C14H22O2/c1-9(2)13(15)16-8-10-5-6-11-7-12(10)14(11,3)4/h10-12H,1,5-8H2,2-4H3/t10-,11?,12?/m0/s1. The van der Waals surface area contributed by atoms with Crippen molar-refractivity contribution in [2.75, 3.05) is 6.61 Å².